The number of hydrogen-bond donors (Lipinski definition) is 1. The Morgan fingerprint density at radius 2 is 1.74 bits per heavy atom. The zero-order valence-corrected chi connectivity index (χ0v) is 16.7. The Kier molecular flexibility index (Phi) is 6.99. The van der Waals surface area contributed by atoms with Crippen molar-refractivity contribution in [3.8, 4) is 5.75 Å². The zero-order chi connectivity index (χ0) is 20.0. The van der Waals surface area contributed by atoms with Crippen molar-refractivity contribution in [1.82, 2.24) is 4.90 Å². The van der Waals surface area contributed by atoms with E-state index < -0.39 is 6.10 Å². The number of aryl methyl sites for hydroxylation is 3. The quantitative estimate of drug-likeness (QED) is 0.810. The van der Waals surface area contributed by atoms with Crippen LogP contribution in [-0.4, -0.2) is 36.9 Å². The first-order chi connectivity index (χ1) is 12.8. The highest BCUT2D eigenvalue weighted by Crippen LogP contribution is 2.21. The molecule has 2 aromatic carbocycles. The molecule has 27 heavy (non-hydrogen) atoms. The van der Waals surface area contributed by atoms with Crippen molar-refractivity contribution in [1.29, 1.82) is 0 Å². The minimum Gasteiger partial charge on any atom is -0.481 e. The highest BCUT2D eigenvalue weighted by Gasteiger charge is 2.16. The number of anilines is 1. The molecule has 2 aromatic rings. The van der Waals surface area contributed by atoms with Gasteiger partial charge in [-0.3, -0.25) is 9.59 Å². The molecule has 1 unspecified atom stereocenters. The van der Waals surface area contributed by atoms with Crippen molar-refractivity contribution >= 4 is 17.5 Å². The first-order valence-electron chi connectivity index (χ1n) is 9.10. The second-order valence-electron chi connectivity index (χ2n) is 7.00. The highest BCUT2D eigenvalue weighted by atomic mass is 16.5. The van der Waals surface area contributed by atoms with E-state index in [1.807, 2.05) is 56.3 Å². The number of rotatable bonds is 7. The Morgan fingerprint density at radius 3 is 2.37 bits per heavy atom. The van der Waals surface area contributed by atoms with Gasteiger partial charge in [0.2, 0.25) is 5.91 Å². The topological polar surface area (TPSA) is 58.6 Å². The van der Waals surface area contributed by atoms with Gasteiger partial charge in [0.1, 0.15) is 5.75 Å². The summed E-state index contributed by atoms with van der Waals surface area (Å²) in [7, 11) is 3.50. The largest absolute Gasteiger partial charge is 0.481 e. The van der Waals surface area contributed by atoms with Crippen LogP contribution in [0.4, 0.5) is 5.69 Å². The molecule has 0 aliphatic heterocycles. The SMILES string of the molecule is Cc1ccc(C)c(OC(C)C(=O)Nc2ccc(CCC(=O)N(C)C)cc2)c1. The van der Waals surface area contributed by atoms with Crippen LogP contribution in [0.25, 0.3) is 0 Å². The van der Waals surface area contributed by atoms with Crippen LogP contribution in [0.5, 0.6) is 5.75 Å². The molecule has 0 spiro atoms. The lowest BCUT2D eigenvalue weighted by atomic mass is 10.1. The smallest absolute Gasteiger partial charge is 0.265 e. The highest BCUT2D eigenvalue weighted by molar-refractivity contribution is 5.94. The normalized spacial score (nSPS) is 11.6. The summed E-state index contributed by atoms with van der Waals surface area (Å²) in [4.78, 5) is 25.6. The van der Waals surface area contributed by atoms with E-state index in [0.29, 0.717) is 18.5 Å². The van der Waals surface area contributed by atoms with Gasteiger partial charge in [-0.1, -0.05) is 24.3 Å². The Balaban J connectivity index is 1.91. The monoisotopic (exact) mass is 368 g/mol. The van der Waals surface area contributed by atoms with Crippen LogP contribution in [0.15, 0.2) is 42.5 Å². The molecule has 5 heteroatoms. The predicted octanol–water partition coefficient (Wildman–Crippen LogP) is 3.73. The lowest BCUT2D eigenvalue weighted by molar-refractivity contribution is -0.128. The van der Waals surface area contributed by atoms with Crippen LogP contribution in [0.1, 0.15) is 30.0 Å². The summed E-state index contributed by atoms with van der Waals surface area (Å²) in [5.74, 6) is 0.620. The first-order valence-corrected chi connectivity index (χ1v) is 9.10. The fourth-order valence-electron chi connectivity index (χ4n) is 2.55. The first kappa shape index (κ1) is 20.5. The Hall–Kier alpha value is -2.82. The molecule has 5 nitrogen and oxygen atoms in total. The van der Waals surface area contributed by atoms with E-state index in [2.05, 4.69) is 5.32 Å². The second-order valence-corrected chi connectivity index (χ2v) is 7.00. The van der Waals surface area contributed by atoms with Crippen molar-refractivity contribution in [2.24, 2.45) is 0 Å². The number of nitrogens with one attached hydrogen (secondary N) is 1. The van der Waals surface area contributed by atoms with E-state index in [-0.39, 0.29) is 11.8 Å². The molecule has 2 amide bonds. The van der Waals surface area contributed by atoms with Crippen molar-refractivity contribution in [3.05, 3.63) is 59.2 Å². The van der Waals surface area contributed by atoms with Crippen molar-refractivity contribution < 1.29 is 14.3 Å². The van der Waals surface area contributed by atoms with Gasteiger partial charge in [0, 0.05) is 26.2 Å². The van der Waals surface area contributed by atoms with Crippen molar-refractivity contribution in [2.45, 2.75) is 39.7 Å². The summed E-state index contributed by atoms with van der Waals surface area (Å²) in [6.07, 6.45) is 0.541. The van der Waals surface area contributed by atoms with Crippen LogP contribution in [0, 0.1) is 13.8 Å². The van der Waals surface area contributed by atoms with Gasteiger partial charge >= 0.3 is 0 Å². The Morgan fingerprint density at radius 1 is 1.07 bits per heavy atom. The summed E-state index contributed by atoms with van der Waals surface area (Å²) in [6, 6.07) is 13.5. The standard InChI is InChI=1S/C22H28N2O3/c1-15-6-7-16(2)20(14-15)27-17(3)22(26)23-19-11-8-18(9-12-19)10-13-21(25)24(4)5/h6-9,11-12,14,17H,10,13H2,1-5H3,(H,23,26). The van der Waals surface area contributed by atoms with Crippen LogP contribution in [0.2, 0.25) is 0 Å². The molecule has 1 N–H and O–H groups in total. The number of nitrogens with zero attached hydrogens (tertiary/aromatic N) is 1. The fourth-order valence-corrected chi connectivity index (χ4v) is 2.55. The van der Waals surface area contributed by atoms with Gasteiger partial charge in [0.05, 0.1) is 0 Å². The van der Waals surface area contributed by atoms with E-state index >= 15 is 0 Å². The molecule has 0 aliphatic rings. The fraction of sp³-hybridized carbons (Fsp3) is 0.364. The van der Waals surface area contributed by atoms with Gasteiger partial charge < -0.3 is 15.0 Å². The summed E-state index contributed by atoms with van der Waals surface area (Å²) in [5.41, 5.74) is 3.85. The minimum absolute atomic E-state index is 0.102. The average Bonchev–Trinajstić information content (AvgIpc) is 2.63. The molecule has 0 aliphatic carbocycles. The lowest BCUT2D eigenvalue weighted by Gasteiger charge is -2.17. The third kappa shape index (κ3) is 6.13. The molecular weight excluding hydrogens is 340 g/mol. The van der Waals surface area contributed by atoms with E-state index in [9.17, 15) is 9.59 Å². The van der Waals surface area contributed by atoms with Gasteiger partial charge in [-0.05, 0) is 62.1 Å². The second kappa shape index (κ2) is 9.21. The predicted molar refractivity (Wildman–Crippen MR) is 108 cm³/mol. The van der Waals surface area contributed by atoms with Crippen molar-refractivity contribution in [3.63, 3.8) is 0 Å². The number of carbonyl (C=O) groups is 2. The van der Waals surface area contributed by atoms with Crippen molar-refractivity contribution in [2.75, 3.05) is 19.4 Å². The summed E-state index contributed by atoms with van der Waals surface area (Å²) in [5, 5.41) is 2.87. The molecule has 0 fully saturated rings. The summed E-state index contributed by atoms with van der Waals surface area (Å²) >= 11 is 0. The van der Waals surface area contributed by atoms with E-state index in [0.717, 1.165) is 22.4 Å². The molecule has 0 aromatic heterocycles. The molecule has 144 valence electrons. The number of amides is 2. The number of carbonyl (C=O) groups excluding carboxylic acids is 2. The van der Waals surface area contributed by atoms with Crippen LogP contribution >= 0.6 is 0 Å². The number of ether oxygens (including phenoxy) is 1. The minimum atomic E-state index is -0.608. The summed E-state index contributed by atoms with van der Waals surface area (Å²) < 4.78 is 5.82. The summed E-state index contributed by atoms with van der Waals surface area (Å²) in [6.45, 7) is 5.68. The third-order valence-corrected chi connectivity index (χ3v) is 4.36. The van der Waals surface area contributed by atoms with Gasteiger partial charge in [0.25, 0.3) is 5.91 Å². The maximum absolute atomic E-state index is 12.4. The lowest BCUT2D eigenvalue weighted by Crippen LogP contribution is -2.30. The molecule has 0 heterocycles. The molecule has 0 saturated heterocycles. The Bertz CT molecular complexity index is 798. The van der Waals surface area contributed by atoms with Gasteiger partial charge in [-0.2, -0.15) is 0 Å². The molecular formula is C22H28N2O3. The average molecular weight is 368 g/mol. The van der Waals surface area contributed by atoms with Crippen LogP contribution in [0.3, 0.4) is 0 Å². The zero-order valence-electron chi connectivity index (χ0n) is 16.7. The van der Waals surface area contributed by atoms with E-state index in [1.54, 1.807) is 25.9 Å². The molecule has 0 bridgehead atoms. The maximum Gasteiger partial charge on any atom is 0.265 e. The number of benzene rings is 2. The van der Waals surface area contributed by atoms with Gasteiger partial charge in [0.15, 0.2) is 6.10 Å². The van der Waals surface area contributed by atoms with Gasteiger partial charge in [-0.25, -0.2) is 0 Å². The van der Waals surface area contributed by atoms with E-state index in [1.165, 1.54) is 0 Å². The van der Waals surface area contributed by atoms with Crippen LogP contribution < -0.4 is 10.1 Å². The molecule has 1 atom stereocenters. The number of hydrogen-bond acceptors (Lipinski definition) is 3. The van der Waals surface area contributed by atoms with E-state index in [4.69, 9.17) is 4.74 Å². The third-order valence-electron chi connectivity index (χ3n) is 4.36. The molecule has 0 radical (unpaired) electrons. The van der Waals surface area contributed by atoms with Gasteiger partial charge in [-0.15, -0.1) is 0 Å². The molecule has 0 saturated carbocycles. The maximum atomic E-state index is 12.4. The van der Waals surface area contributed by atoms with Crippen LogP contribution in [-0.2, 0) is 16.0 Å². The Labute approximate surface area is 161 Å². The molecule has 2 rings (SSSR count).